The van der Waals surface area contributed by atoms with Gasteiger partial charge in [0.1, 0.15) is 5.82 Å². The van der Waals surface area contributed by atoms with Crippen molar-refractivity contribution in [1.29, 1.82) is 0 Å². The number of nitrogens with one attached hydrogen (secondary N) is 1. The van der Waals surface area contributed by atoms with Gasteiger partial charge in [-0.05, 0) is 38.9 Å². The predicted molar refractivity (Wildman–Crippen MR) is 80.9 cm³/mol. The molecular formula is C15H22FN3O2. The molecule has 0 amide bonds. The fourth-order valence-electron chi connectivity index (χ4n) is 2.25. The lowest BCUT2D eigenvalue weighted by molar-refractivity contribution is 0.0602. The van der Waals surface area contributed by atoms with Crippen molar-refractivity contribution in [2.75, 3.05) is 31.8 Å². The van der Waals surface area contributed by atoms with Gasteiger partial charge in [0.15, 0.2) is 0 Å². The number of rotatable bonds is 6. The van der Waals surface area contributed by atoms with E-state index in [9.17, 15) is 9.18 Å². The van der Waals surface area contributed by atoms with Gasteiger partial charge in [-0.2, -0.15) is 0 Å². The van der Waals surface area contributed by atoms with Gasteiger partial charge in [-0.25, -0.2) is 9.18 Å². The average molecular weight is 295 g/mol. The van der Waals surface area contributed by atoms with Crippen molar-refractivity contribution in [1.82, 2.24) is 4.90 Å². The zero-order chi connectivity index (χ0) is 15.6. The van der Waals surface area contributed by atoms with Crippen LogP contribution in [0.5, 0.6) is 0 Å². The number of nitrogens with zero attached hydrogens (tertiary/aromatic N) is 1. The second-order valence-corrected chi connectivity index (χ2v) is 5.54. The molecule has 5 nitrogen and oxygen atoms in total. The summed E-state index contributed by atoms with van der Waals surface area (Å²) >= 11 is 0. The van der Waals surface area contributed by atoms with Gasteiger partial charge >= 0.3 is 5.97 Å². The van der Waals surface area contributed by atoms with Crippen molar-refractivity contribution < 1.29 is 13.9 Å². The van der Waals surface area contributed by atoms with E-state index in [0.29, 0.717) is 12.6 Å². The lowest BCUT2D eigenvalue weighted by Gasteiger charge is -2.25. The summed E-state index contributed by atoms with van der Waals surface area (Å²) in [4.78, 5) is 13.9. The molecule has 2 rings (SSSR count). The zero-order valence-corrected chi connectivity index (χ0v) is 12.6. The first-order chi connectivity index (χ1) is 9.93. The molecule has 1 aliphatic rings. The molecule has 3 N–H and O–H groups in total. The lowest BCUT2D eigenvalue weighted by Crippen LogP contribution is -2.36. The van der Waals surface area contributed by atoms with Crippen LogP contribution in [0.15, 0.2) is 12.1 Å². The predicted octanol–water partition coefficient (Wildman–Crippen LogP) is 2.09. The first kappa shape index (κ1) is 15.6. The first-order valence-electron chi connectivity index (χ1n) is 7.07. The van der Waals surface area contributed by atoms with Crippen LogP contribution in [-0.2, 0) is 4.74 Å². The van der Waals surface area contributed by atoms with Crippen LogP contribution in [0, 0.1) is 5.82 Å². The molecule has 1 aromatic carbocycles. The molecule has 1 aliphatic carbocycles. The Hall–Kier alpha value is -1.82. The zero-order valence-electron chi connectivity index (χ0n) is 12.6. The fourth-order valence-corrected chi connectivity index (χ4v) is 2.25. The number of halogens is 1. The molecule has 0 aromatic heterocycles. The number of nitrogens with two attached hydrogens (primary N) is 1. The number of ether oxygens (including phenoxy) is 1. The summed E-state index contributed by atoms with van der Waals surface area (Å²) in [5.41, 5.74) is 6.15. The number of methoxy groups -OCH3 is 1. The maximum Gasteiger partial charge on any atom is 0.340 e. The molecule has 116 valence electrons. The summed E-state index contributed by atoms with van der Waals surface area (Å²) in [7, 11) is 3.34. The monoisotopic (exact) mass is 295 g/mol. The van der Waals surface area contributed by atoms with Crippen LogP contribution in [-0.4, -0.2) is 43.7 Å². The van der Waals surface area contributed by atoms with E-state index >= 15 is 0 Å². The smallest absolute Gasteiger partial charge is 0.340 e. The average Bonchev–Trinajstić information content (AvgIpc) is 3.29. The molecule has 1 fully saturated rings. The van der Waals surface area contributed by atoms with Crippen LogP contribution in [0.4, 0.5) is 15.8 Å². The molecule has 0 bridgehead atoms. The molecule has 6 heteroatoms. The molecular weight excluding hydrogens is 273 g/mol. The van der Waals surface area contributed by atoms with E-state index in [-0.39, 0.29) is 23.0 Å². The molecule has 0 saturated heterocycles. The molecule has 1 saturated carbocycles. The van der Waals surface area contributed by atoms with Gasteiger partial charge in [-0.1, -0.05) is 0 Å². The van der Waals surface area contributed by atoms with E-state index in [1.165, 1.54) is 26.0 Å². The second kappa shape index (κ2) is 6.30. The third-order valence-corrected chi connectivity index (χ3v) is 3.95. The van der Waals surface area contributed by atoms with Crippen LogP contribution in [0.1, 0.15) is 30.1 Å². The van der Waals surface area contributed by atoms with Gasteiger partial charge in [0.05, 0.1) is 18.4 Å². The topological polar surface area (TPSA) is 67.6 Å². The normalized spacial score (nSPS) is 15.9. The van der Waals surface area contributed by atoms with E-state index < -0.39 is 11.8 Å². The highest BCUT2D eigenvalue weighted by Gasteiger charge is 2.29. The Morgan fingerprint density at radius 2 is 2.24 bits per heavy atom. The Balaban J connectivity index is 2.06. The van der Waals surface area contributed by atoms with Crippen LogP contribution >= 0.6 is 0 Å². The standard InChI is InChI=1S/C15H22FN3O2/c1-9(19(2)10-4-5-10)8-18-14-6-11(15(20)21-3)13(17)7-12(14)16/h6-7,9-10,18H,4-5,8,17H2,1-3H3. The van der Waals surface area contributed by atoms with Crippen LogP contribution in [0.25, 0.3) is 0 Å². The highest BCUT2D eigenvalue weighted by atomic mass is 19.1. The molecule has 0 radical (unpaired) electrons. The maximum absolute atomic E-state index is 13.9. The minimum atomic E-state index is -0.571. The number of benzene rings is 1. The minimum absolute atomic E-state index is 0.0769. The number of anilines is 2. The summed E-state index contributed by atoms with van der Waals surface area (Å²) in [6.45, 7) is 2.68. The SMILES string of the molecule is COC(=O)c1cc(NCC(C)N(C)C2CC2)c(F)cc1N. The van der Waals surface area contributed by atoms with Gasteiger partial charge in [0, 0.05) is 24.3 Å². The van der Waals surface area contributed by atoms with E-state index in [1.807, 2.05) is 0 Å². The fraction of sp³-hybridized carbons (Fsp3) is 0.533. The van der Waals surface area contributed by atoms with Gasteiger partial charge < -0.3 is 15.8 Å². The molecule has 21 heavy (non-hydrogen) atoms. The summed E-state index contributed by atoms with van der Waals surface area (Å²) in [5, 5.41) is 3.04. The number of likely N-dealkylation sites (N-methyl/N-ethyl adjacent to an activating group) is 1. The molecule has 1 atom stereocenters. The van der Waals surface area contributed by atoms with Gasteiger partial charge in [-0.3, -0.25) is 4.90 Å². The number of esters is 1. The maximum atomic E-state index is 13.9. The number of nitrogen functional groups attached to an aromatic ring is 1. The van der Waals surface area contributed by atoms with Gasteiger partial charge in [0.25, 0.3) is 0 Å². The highest BCUT2D eigenvalue weighted by molar-refractivity contribution is 5.96. The Bertz CT molecular complexity index is 532. The van der Waals surface area contributed by atoms with Crippen molar-refractivity contribution in [2.24, 2.45) is 0 Å². The molecule has 1 unspecified atom stereocenters. The van der Waals surface area contributed by atoms with Gasteiger partial charge in [-0.15, -0.1) is 0 Å². The third-order valence-electron chi connectivity index (χ3n) is 3.95. The number of carbonyl (C=O) groups excluding carboxylic acids is 1. The highest BCUT2D eigenvalue weighted by Crippen LogP contribution is 2.27. The quantitative estimate of drug-likeness (QED) is 0.621. The van der Waals surface area contributed by atoms with Gasteiger partial charge in [0.2, 0.25) is 0 Å². The van der Waals surface area contributed by atoms with Crippen molar-refractivity contribution >= 4 is 17.3 Å². The Morgan fingerprint density at radius 3 is 2.81 bits per heavy atom. The van der Waals surface area contributed by atoms with E-state index in [2.05, 4.69) is 28.9 Å². The van der Waals surface area contributed by atoms with Crippen LogP contribution in [0.3, 0.4) is 0 Å². The first-order valence-corrected chi connectivity index (χ1v) is 7.07. The molecule has 0 aliphatic heterocycles. The van der Waals surface area contributed by atoms with Crippen molar-refractivity contribution in [3.8, 4) is 0 Å². The molecule has 0 spiro atoms. The Morgan fingerprint density at radius 1 is 1.57 bits per heavy atom. The molecule has 0 heterocycles. The lowest BCUT2D eigenvalue weighted by atomic mass is 10.1. The van der Waals surface area contributed by atoms with Crippen molar-refractivity contribution in [3.05, 3.63) is 23.5 Å². The number of carbonyl (C=O) groups is 1. The molecule has 1 aromatic rings. The third kappa shape index (κ3) is 3.64. The van der Waals surface area contributed by atoms with E-state index in [1.54, 1.807) is 0 Å². The number of hydrogen-bond donors (Lipinski definition) is 2. The van der Waals surface area contributed by atoms with E-state index in [4.69, 9.17) is 5.73 Å². The van der Waals surface area contributed by atoms with Crippen molar-refractivity contribution in [2.45, 2.75) is 31.8 Å². The number of hydrogen-bond acceptors (Lipinski definition) is 5. The van der Waals surface area contributed by atoms with Crippen LogP contribution in [0.2, 0.25) is 0 Å². The van der Waals surface area contributed by atoms with Crippen LogP contribution < -0.4 is 11.1 Å². The Kier molecular flexibility index (Phi) is 4.67. The largest absolute Gasteiger partial charge is 0.465 e. The second-order valence-electron chi connectivity index (χ2n) is 5.54. The van der Waals surface area contributed by atoms with E-state index in [0.717, 1.165) is 6.07 Å². The summed E-state index contributed by atoms with van der Waals surface area (Å²) in [6.07, 6.45) is 2.45. The van der Waals surface area contributed by atoms with Crippen molar-refractivity contribution in [3.63, 3.8) is 0 Å². The summed E-state index contributed by atoms with van der Waals surface area (Å²) < 4.78 is 18.6. The Labute approximate surface area is 124 Å². The summed E-state index contributed by atoms with van der Waals surface area (Å²) in [6, 6.07) is 3.46. The summed E-state index contributed by atoms with van der Waals surface area (Å²) in [5.74, 6) is -1.04. The minimum Gasteiger partial charge on any atom is -0.465 e.